The van der Waals surface area contributed by atoms with Gasteiger partial charge in [0, 0.05) is 0 Å². The molecule has 12 heavy (non-hydrogen) atoms. The van der Waals surface area contributed by atoms with Gasteiger partial charge in [-0.3, -0.25) is 0 Å². The highest BCUT2D eigenvalue weighted by molar-refractivity contribution is 7.80. The minimum Gasteiger partial charge on any atom is -0.179 e. The van der Waals surface area contributed by atoms with Crippen molar-refractivity contribution in [3.8, 4) is 0 Å². The van der Waals surface area contributed by atoms with Gasteiger partial charge in [-0.1, -0.05) is 31.9 Å². The first-order valence-electron chi connectivity index (χ1n) is 4.99. The van der Waals surface area contributed by atoms with E-state index in [0.717, 1.165) is 11.7 Å². The molecule has 0 amide bonds. The zero-order valence-electron chi connectivity index (χ0n) is 8.64. The van der Waals surface area contributed by atoms with Crippen LogP contribution in [0.2, 0.25) is 0 Å². The fourth-order valence-electron chi connectivity index (χ4n) is 1.31. The lowest BCUT2D eigenvalue weighted by atomic mass is 9.96. The Hall–Kier alpha value is 0.0900. The van der Waals surface area contributed by atoms with Gasteiger partial charge in [-0.15, -0.1) is 0 Å². The molecule has 0 fully saturated rings. The normalized spacial score (nSPS) is 14.8. The minimum absolute atomic E-state index is 0.768. The van der Waals surface area contributed by atoms with Crippen LogP contribution < -0.4 is 0 Å². The number of thiol groups is 1. The van der Waals surface area contributed by atoms with Crippen molar-refractivity contribution in [1.29, 1.82) is 0 Å². The summed E-state index contributed by atoms with van der Waals surface area (Å²) in [7, 11) is 0. The van der Waals surface area contributed by atoms with Crippen LogP contribution in [0.5, 0.6) is 0 Å². The SMILES string of the molecule is CC/C=C(\C)C(C)CCCCS. The molecular weight excluding hydrogens is 164 g/mol. The van der Waals surface area contributed by atoms with Crippen molar-refractivity contribution in [3.63, 3.8) is 0 Å². The van der Waals surface area contributed by atoms with E-state index in [9.17, 15) is 0 Å². The molecule has 1 unspecified atom stereocenters. The second kappa shape index (κ2) is 7.72. The summed E-state index contributed by atoms with van der Waals surface area (Å²) in [5, 5.41) is 0. The van der Waals surface area contributed by atoms with Gasteiger partial charge in [-0.05, 0) is 37.9 Å². The van der Waals surface area contributed by atoms with Gasteiger partial charge in [0.15, 0.2) is 0 Å². The van der Waals surface area contributed by atoms with Crippen molar-refractivity contribution >= 4 is 12.6 Å². The Labute approximate surface area is 82.9 Å². The summed E-state index contributed by atoms with van der Waals surface area (Å²) in [5.41, 5.74) is 1.55. The first-order chi connectivity index (χ1) is 5.72. The first kappa shape index (κ1) is 12.1. The molecule has 0 heterocycles. The zero-order chi connectivity index (χ0) is 9.40. The van der Waals surface area contributed by atoms with Crippen LogP contribution in [-0.4, -0.2) is 5.75 Å². The summed E-state index contributed by atoms with van der Waals surface area (Å²) in [6, 6.07) is 0. The summed E-state index contributed by atoms with van der Waals surface area (Å²) in [6.07, 6.45) is 7.41. The number of rotatable bonds is 6. The minimum atomic E-state index is 0.768. The Bertz CT molecular complexity index is 127. The van der Waals surface area contributed by atoms with Gasteiger partial charge < -0.3 is 0 Å². The summed E-state index contributed by atoms with van der Waals surface area (Å²) >= 11 is 4.20. The van der Waals surface area contributed by atoms with Crippen molar-refractivity contribution in [1.82, 2.24) is 0 Å². The number of hydrogen-bond acceptors (Lipinski definition) is 1. The number of unbranched alkanes of at least 4 members (excludes halogenated alkanes) is 1. The van der Waals surface area contributed by atoms with E-state index in [4.69, 9.17) is 0 Å². The molecule has 0 saturated heterocycles. The van der Waals surface area contributed by atoms with Crippen LogP contribution >= 0.6 is 12.6 Å². The molecule has 0 aliphatic heterocycles. The van der Waals surface area contributed by atoms with Crippen LogP contribution in [0.3, 0.4) is 0 Å². The average molecular weight is 186 g/mol. The van der Waals surface area contributed by atoms with E-state index in [1.165, 1.54) is 25.7 Å². The molecule has 0 bridgehead atoms. The third-order valence-electron chi connectivity index (χ3n) is 2.35. The highest BCUT2D eigenvalue weighted by Gasteiger charge is 2.02. The van der Waals surface area contributed by atoms with Crippen LogP contribution in [0, 0.1) is 5.92 Å². The molecule has 0 saturated carbocycles. The Balaban J connectivity index is 3.56. The maximum Gasteiger partial charge on any atom is -0.00979 e. The zero-order valence-corrected chi connectivity index (χ0v) is 9.53. The van der Waals surface area contributed by atoms with E-state index in [1.807, 2.05) is 0 Å². The maximum atomic E-state index is 4.20. The van der Waals surface area contributed by atoms with Crippen molar-refractivity contribution in [2.24, 2.45) is 5.92 Å². The Morgan fingerprint density at radius 1 is 1.42 bits per heavy atom. The molecule has 0 aliphatic carbocycles. The second-order valence-electron chi connectivity index (χ2n) is 3.48. The highest BCUT2D eigenvalue weighted by Crippen LogP contribution is 2.17. The second-order valence-corrected chi connectivity index (χ2v) is 3.92. The summed E-state index contributed by atoms with van der Waals surface area (Å²) in [4.78, 5) is 0. The Morgan fingerprint density at radius 2 is 2.08 bits per heavy atom. The van der Waals surface area contributed by atoms with Crippen LogP contribution in [0.4, 0.5) is 0 Å². The van der Waals surface area contributed by atoms with Crippen molar-refractivity contribution in [2.75, 3.05) is 5.75 Å². The molecule has 0 nitrogen and oxygen atoms in total. The van der Waals surface area contributed by atoms with E-state index >= 15 is 0 Å². The summed E-state index contributed by atoms with van der Waals surface area (Å²) in [5.74, 6) is 1.80. The standard InChI is InChI=1S/C11H22S/c1-4-7-10(2)11(3)8-5-6-9-12/h7,11-12H,4-6,8-9H2,1-3H3/b10-7+. The fraction of sp³-hybridized carbons (Fsp3) is 0.818. The van der Waals surface area contributed by atoms with Crippen molar-refractivity contribution < 1.29 is 0 Å². The van der Waals surface area contributed by atoms with Gasteiger partial charge in [-0.25, -0.2) is 0 Å². The summed E-state index contributed by atoms with van der Waals surface area (Å²) in [6.45, 7) is 6.76. The van der Waals surface area contributed by atoms with Gasteiger partial charge in [-0.2, -0.15) is 12.6 Å². The topological polar surface area (TPSA) is 0 Å². The largest absolute Gasteiger partial charge is 0.179 e. The Kier molecular flexibility index (Phi) is 7.78. The number of hydrogen-bond donors (Lipinski definition) is 1. The molecule has 0 aromatic heterocycles. The monoisotopic (exact) mass is 186 g/mol. The van der Waals surface area contributed by atoms with Gasteiger partial charge in [0.05, 0.1) is 0 Å². The van der Waals surface area contributed by atoms with E-state index in [2.05, 4.69) is 39.5 Å². The fourth-order valence-corrected chi connectivity index (χ4v) is 1.54. The molecule has 0 aliphatic rings. The lowest BCUT2D eigenvalue weighted by molar-refractivity contribution is 0.572. The molecule has 0 aromatic rings. The third kappa shape index (κ3) is 5.70. The molecule has 0 radical (unpaired) electrons. The first-order valence-corrected chi connectivity index (χ1v) is 5.63. The molecule has 1 heteroatoms. The molecule has 0 spiro atoms. The molecular formula is C11H22S. The van der Waals surface area contributed by atoms with Gasteiger partial charge in [0.1, 0.15) is 0 Å². The van der Waals surface area contributed by atoms with Gasteiger partial charge >= 0.3 is 0 Å². The smallest absolute Gasteiger partial charge is 0.00979 e. The molecule has 0 N–H and O–H groups in total. The maximum absolute atomic E-state index is 4.20. The van der Waals surface area contributed by atoms with E-state index < -0.39 is 0 Å². The molecule has 0 rings (SSSR count). The van der Waals surface area contributed by atoms with Crippen LogP contribution in [-0.2, 0) is 0 Å². The van der Waals surface area contributed by atoms with Gasteiger partial charge in [0.2, 0.25) is 0 Å². The molecule has 0 aromatic carbocycles. The van der Waals surface area contributed by atoms with Crippen LogP contribution in [0.1, 0.15) is 46.5 Å². The Morgan fingerprint density at radius 3 is 2.58 bits per heavy atom. The lowest BCUT2D eigenvalue weighted by Crippen LogP contribution is -1.96. The van der Waals surface area contributed by atoms with Crippen molar-refractivity contribution in [3.05, 3.63) is 11.6 Å². The van der Waals surface area contributed by atoms with Crippen molar-refractivity contribution in [2.45, 2.75) is 46.5 Å². The summed E-state index contributed by atoms with van der Waals surface area (Å²) < 4.78 is 0. The van der Waals surface area contributed by atoms with Crippen LogP contribution in [0.25, 0.3) is 0 Å². The van der Waals surface area contributed by atoms with E-state index in [0.29, 0.717) is 0 Å². The lowest BCUT2D eigenvalue weighted by Gasteiger charge is -2.11. The van der Waals surface area contributed by atoms with Gasteiger partial charge in [0.25, 0.3) is 0 Å². The van der Waals surface area contributed by atoms with E-state index in [-0.39, 0.29) is 0 Å². The number of allylic oxidation sites excluding steroid dienone is 2. The molecule has 1 atom stereocenters. The highest BCUT2D eigenvalue weighted by atomic mass is 32.1. The predicted molar refractivity (Wildman–Crippen MR) is 60.9 cm³/mol. The quantitative estimate of drug-likeness (QED) is 0.361. The van der Waals surface area contributed by atoms with Crippen LogP contribution in [0.15, 0.2) is 11.6 Å². The predicted octanol–water partition coefficient (Wildman–Crippen LogP) is 4.08. The molecule has 72 valence electrons. The average Bonchev–Trinajstić information content (AvgIpc) is 2.05. The third-order valence-corrected chi connectivity index (χ3v) is 2.66. The van der Waals surface area contributed by atoms with E-state index in [1.54, 1.807) is 5.57 Å².